The Morgan fingerprint density at radius 3 is 1.03 bits per heavy atom. The minimum absolute atomic E-state index is 0.133. The van der Waals surface area contributed by atoms with Gasteiger partial charge in [-0.3, -0.25) is 9.59 Å². The molecular formula is C93H86O8. The Morgan fingerprint density at radius 2 is 0.673 bits per heavy atom. The molecular weight excluding hydrogens is 1250 g/mol. The summed E-state index contributed by atoms with van der Waals surface area (Å²) in [5, 5.41) is 0. The summed E-state index contributed by atoms with van der Waals surface area (Å²) in [6.07, 6.45) is 4.32. The highest BCUT2D eigenvalue weighted by atomic mass is 16.5. The van der Waals surface area contributed by atoms with Crippen LogP contribution < -0.4 is 0 Å². The first-order chi connectivity index (χ1) is 48.4. The van der Waals surface area contributed by atoms with Gasteiger partial charge in [0, 0.05) is 53.1 Å². The number of benzene rings is 10. The smallest absolute Gasteiger partial charge is 0.330 e. The van der Waals surface area contributed by atoms with Crippen LogP contribution in [0.3, 0.4) is 0 Å². The Morgan fingerprint density at radius 1 is 0.366 bits per heavy atom. The van der Waals surface area contributed by atoms with Gasteiger partial charge in [0.25, 0.3) is 0 Å². The molecule has 0 bridgehead atoms. The van der Waals surface area contributed by atoms with Crippen molar-refractivity contribution in [1.29, 1.82) is 0 Å². The maximum Gasteiger partial charge on any atom is 0.330 e. The highest BCUT2D eigenvalue weighted by Crippen LogP contribution is 2.58. The zero-order chi connectivity index (χ0) is 70.8. The molecule has 0 aliphatic heterocycles. The lowest BCUT2D eigenvalue weighted by molar-refractivity contribution is -0.145. The number of esters is 4. The van der Waals surface area contributed by atoms with Gasteiger partial charge in [0.1, 0.15) is 12.7 Å². The lowest BCUT2D eigenvalue weighted by Crippen LogP contribution is -2.33. The Bertz CT molecular complexity index is 5200. The van der Waals surface area contributed by atoms with Crippen LogP contribution in [-0.4, -0.2) is 43.7 Å². The van der Waals surface area contributed by atoms with Gasteiger partial charge in [-0.2, -0.15) is 0 Å². The topological polar surface area (TPSA) is 105 Å². The van der Waals surface area contributed by atoms with E-state index in [1.807, 2.05) is 20.8 Å². The molecule has 0 spiro atoms. The van der Waals surface area contributed by atoms with Crippen LogP contribution in [0.25, 0.3) is 100 Å². The maximum atomic E-state index is 13.5. The van der Waals surface area contributed by atoms with Crippen molar-refractivity contribution in [3.63, 3.8) is 0 Å². The third-order valence-corrected chi connectivity index (χ3v) is 23.3. The molecule has 0 heterocycles. The molecule has 15 rings (SSSR count). The van der Waals surface area contributed by atoms with Crippen molar-refractivity contribution in [1.82, 2.24) is 0 Å². The number of carbonyl (C=O) groups is 4. The summed E-state index contributed by atoms with van der Waals surface area (Å²) in [6.45, 7) is 31.9. The average molecular weight is 1330 g/mol. The van der Waals surface area contributed by atoms with Crippen LogP contribution >= 0.6 is 0 Å². The molecule has 0 amide bonds. The van der Waals surface area contributed by atoms with E-state index in [2.05, 4.69) is 251 Å². The van der Waals surface area contributed by atoms with Crippen LogP contribution in [0.4, 0.5) is 0 Å². The lowest BCUT2D eigenvalue weighted by Gasteiger charge is -2.32. The van der Waals surface area contributed by atoms with Crippen molar-refractivity contribution in [2.75, 3.05) is 19.8 Å². The summed E-state index contributed by atoms with van der Waals surface area (Å²) in [5.74, 6) is -1.34. The van der Waals surface area contributed by atoms with Crippen LogP contribution in [0.1, 0.15) is 175 Å². The fourth-order valence-electron chi connectivity index (χ4n) is 17.4. The minimum atomic E-state index is -0.772. The Labute approximate surface area is 594 Å². The highest BCUT2D eigenvalue weighted by molar-refractivity contribution is 5.93. The molecule has 10 aromatic carbocycles. The van der Waals surface area contributed by atoms with Gasteiger partial charge >= 0.3 is 23.9 Å². The monoisotopic (exact) mass is 1330 g/mol. The third kappa shape index (κ3) is 10.9. The predicted molar refractivity (Wildman–Crippen MR) is 406 cm³/mol. The summed E-state index contributed by atoms with van der Waals surface area (Å²) in [6, 6.07) is 68.4. The lowest BCUT2D eigenvalue weighted by atomic mass is 9.74. The van der Waals surface area contributed by atoms with Crippen molar-refractivity contribution < 1.29 is 38.1 Å². The SMILES string of the molecule is C=CC(=O)OCCc1ccc2c(c1)C(C)(C)c1cc(-c3ccc4c(c3)C(C)(C)c3cc(-c5ccc6c(c5)C(CCCOC(=O)CC)(COC(=O)CC)c5cc(-c7ccc8c(c7)C(C)(C)c7cc(-c9ccc%10c(c9)C(C)(C)c9cc(C(C)OC(=O)C=C)ccc9-%10)ccc7-8)ccc5-6)ccc3-4)ccc1-2. The predicted octanol–water partition coefficient (Wildman–Crippen LogP) is 21.6. The zero-order valence-electron chi connectivity index (χ0n) is 59.9. The fraction of sp³-hybridized carbons (Fsp3) is 0.269. The molecule has 101 heavy (non-hydrogen) atoms. The first-order valence-electron chi connectivity index (χ1n) is 35.8. The average Bonchev–Trinajstić information content (AvgIpc) is 1.57. The van der Waals surface area contributed by atoms with Gasteiger partial charge in [-0.05, 0) is 235 Å². The first-order valence-corrected chi connectivity index (χ1v) is 35.8. The van der Waals surface area contributed by atoms with Crippen LogP contribution in [0.2, 0.25) is 0 Å². The second-order valence-electron chi connectivity index (χ2n) is 30.4. The van der Waals surface area contributed by atoms with Gasteiger partial charge in [-0.15, -0.1) is 0 Å². The van der Waals surface area contributed by atoms with E-state index in [4.69, 9.17) is 18.9 Å². The van der Waals surface area contributed by atoms with E-state index < -0.39 is 23.5 Å². The van der Waals surface area contributed by atoms with Gasteiger partial charge < -0.3 is 18.9 Å². The minimum Gasteiger partial charge on any atom is -0.466 e. The molecule has 0 saturated carbocycles. The standard InChI is InChI=1S/C93H86O8/c1-14-85(94)98-41-18-40-93(53-100-87(96)16-3)83-51-63(61-25-35-71-69-33-23-59(47-79(69)91(10,11)81(71)49-61)57-21-31-67-65-29-19-55(39-42-99-86(95)15-2)43-75(65)89(6,7)77(67)45-57)27-37-73(83)74-38-28-64(52-84(74)93)62-26-36-72-70-34-24-60(48-80(70)92(12,13)82(72)50-62)58-22-32-68-66-30-20-56(54(5)101-88(97)17-4)44-76(66)90(8,9)78(68)46-58/h15,17,19-38,43-52,54H,2,4,14,16,18,39-42,53H2,1,3,5-13H3. The van der Waals surface area contributed by atoms with E-state index in [-0.39, 0.29) is 53.2 Å². The van der Waals surface area contributed by atoms with E-state index in [0.717, 1.165) is 61.2 Å². The van der Waals surface area contributed by atoms with Gasteiger partial charge in [-0.1, -0.05) is 216 Å². The number of rotatable bonds is 19. The molecule has 0 fully saturated rings. The molecule has 2 unspecified atom stereocenters. The first kappa shape index (κ1) is 66.4. The summed E-state index contributed by atoms with van der Waals surface area (Å²) >= 11 is 0. The molecule has 0 saturated heterocycles. The van der Waals surface area contributed by atoms with Crippen molar-refractivity contribution in [2.24, 2.45) is 0 Å². The summed E-state index contributed by atoms with van der Waals surface area (Å²) in [4.78, 5) is 50.1. The second kappa shape index (κ2) is 24.7. The zero-order valence-corrected chi connectivity index (χ0v) is 59.9. The largest absolute Gasteiger partial charge is 0.466 e. The number of fused-ring (bicyclic) bond motifs is 15. The molecule has 10 aromatic rings. The third-order valence-electron chi connectivity index (χ3n) is 23.3. The van der Waals surface area contributed by atoms with Crippen LogP contribution in [0.5, 0.6) is 0 Å². The molecule has 0 N–H and O–H groups in total. The molecule has 506 valence electrons. The molecule has 5 aliphatic rings. The van der Waals surface area contributed by atoms with Gasteiger partial charge in [0.2, 0.25) is 0 Å². The number of carbonyl (C=O) groups excluding carboxylic acids is 4. The van der Waals surface area contributed by atoms with Crippen molar-refractivity contribution in [3.05, 3.63) is 274 Å². The van der Waals surface area contributed by atoms with Crippen LogP contribution in [0, 0.1) is 0 Å². The molecule has 8 nitrogen and oxygen atoms in total. The van der Waals surface area contributed by atoms with Crippen LogP contribution in [0.15, 0.2) is 207 Å². The quantitative estimate of drug-likeness (QED) is 0.0341. The Balaban J connectivity index is 0.733. The van der Waals surface area contributed by atoms with Crippen molar-refractivity contribution in [2.45, 2.75) is 141 Å². The Kier molecular flexibility index (Phi) is 16.3. The maximum absolute atomic E-state index is 13.5. The fourth-order valence-corrected chi connectivity index (χ4v) is 17.4. The normalized spacial score (nSPS) is 16.5. The van der Waals surface area contributed by atoms with Gasteiger partial charge in [-0.25, -0.2) is 9.59 Å². The summed E-state index contributed by atoms with van der Waals surface area (Å²) < 4.78 is 23.1. The molecule has 0 aromatic heterocycles. The Hall–Kier alpha value is -10.4. The van der Waals surface area contributed by atoms with E-state index in [9.17, 15) is 19.2 Å². The number of hydrogen-bond acceptors (Lipinski definition) is 8. The number of hydrogen-bond donors (Lipinski definition) is 0. The number of ether oxygens (including phenoxy) is 4. The van der Waals surface area contributed by atoms with Crippen molar-refractivity contribution >= 4 is 23.9 Å². The molecule has 5 aliphatic carbocycles. The summed E-state index contributed by atoms with van der Waals surface area (Å²) in [5.41, 5.74) is 33.7. The van der Waals surface area contributed by atoms with Crippen LogP contribution in [-0.2, 0) is 71.6 Å². The van der Waals surface area contributed by atoms with Crippen molar-refractivity contribution in [3.8, 4) is 100 Å². The van der Waals surface area contributed by atoms with E-state index in [1.54, 1.807) is 0 Å². The summed E-state index contributed by atoms with van der Waals surface area (Å²) in [7, 11) is 0. The van der Waals surface area contributed by atoms with Gasteiger partial charge in [0.05, 0.1) is 18.6 Å². The second-order valence-corrected chi connectivity index (χ2v) is 30.4. The van der Waals surface area contributed by atoms with E-state index in [0.29, 0.717) is 32.3 Å². The highest BCUT2D eigenvalue weighted by Gasteiger charge is 2.46. The van der Waals surface area contributed by atoms with Gasteiger partial charge in [0.15, 0.2) is 0 Å². The van der Waals surface area contributed by atoms with E-state index in [1.165, 1.54) is 118 Å². The molecule has 2 atom stereocenters. The molecule has 0 radical (unpaired) electrons. The van der Waals surface area contributed by atoms with E-state index >= 15 is 0 Å². The molecule has 8 heteroatoms.